The van der Waals surface area contributed by atoms with Gasteiger partial charge >= 0.3 is 0 Å². The Balaban J connectivity index is 1.76. The molecular weight excluding hydrogens is 242 g/mol. The quantitative estimate of drug-likeness (QED) is 0.703. The van der Waals surface area contributed by atoms with Crippen LogP contribution in [-0.2, 0) is 6.54 Å². The van der Waals surface area contributed by atoms with E-state index in [1.165, 1.54) is 17.5 Å². The van der Waals surface area contributed by atoms with Gasteiger partial charge in [-0.2, -0.15) is 5.10 Å². The fourth-order valence-electron chi connectivity index (χ4n) is 2.38. The first-order chi connectivity index (χ1) is 9.33. The first kappa shape index (κ1) is 10.5. The van der Waals surface area contributed by atoms with Crippen molar-refractivity contribution in [1.82, 2.24) is 23.7 Å². The Morgan fingerprint density at radius 2 is 2.21 bits per heavy atom. The molecule has 0 aromatic carbocycles. The normalized spacial score (nSPS) is 15.2. The second-order valence-corrected chi connectivity index (χ2v) is 4.88. The molecule has 0 N–H and O–H groups in total. The predicted molar refractivity (Wildman–Crippen MR) is 69.1 cm³/mol. The van der Waals surface area contributed by atoms with Crippen LogP contribution >= 0.6 is 0 Å². The van der Waals surface area contributed by atoms with Crippen LogP contribution in [0.3, 0.4) is 0 Å². The lowest BCUT2D eigenvalue weighted by molar-refractivity contribution is 0.570. The lowest BCUT2D eigenvalue weighted by Crippen LogP contribution is -2.26. The van der Waals surface area contributed by atoms with Crippen LogP contribution in [0, 0.1) is 0 Å². The van der Waals surface area contributed by atoms with Gasteiger partial charge in [-0.05, 0) is 25.0 Å². The summed E-state index contributed by atoms with van der Waals surface area (Å²) >= 11 is 0. The zero-order chi connectivity index (χ0) is 12.8. The molecular formula is C13H13N5O. The van der Waals surface area contributed by atoms with Gasteiger partial charge in [-0.15, -0.1) is 0 Å². The highest BCUT2D eigenvalue weighted by Gasteiger charge is 2.25. The highest BCUT2D eigenvalue weighted by atomic mass is 16.1. The van der Waals surface area contributed by atoms with Gasteiger partial charge in [0.15, 0.2) is 0 Å². The van der Waals surface area contributed by atoms with Gasteiger partial charge in [0.1, 0.15) is 24.2 Å². The summed E-state index contributed by atoms with van der Waals surface area (Å²) in [7, 11) is 0. The van der Waals surface area contributed by atoms with Crippen LogP contribution in [0.2, 0.25) is 0 Å². The van der Waals surface area contributed by atoms with Crippen molar-refractivity contribution in [1.29, 1.82) is 0 Å². The van der Waals surface area contributed by atoms with Gasteiger partial charge in [-0.25, -0.2) is 9.67 Å². The third-order valence-electron chi connectivity index (χ3n) is 3.53. The van der Waals surface area contributed by atoms with E-state index in [9.17, 15) is 4.79 Å². The van der Waals surface area contributed by atoms with Crippen molar-refractivity contribution in [3.05, 3.63) is 53.2 Å². The summed E-state index contributed by atoms with van der Waals surface area (Å²) in [4.78, 5) is 16.6. The van der Waals surface area contributed by atoms with E-state index in [4.69, 9.17) is 0 Å². The summed E-state index contributed by atoms with van der Waals surface area (Å²) in [6, 6.07) is 4.20. The van der Waals surface area contributed by atoms with Gasteiger partial charge in [0.2, 0.25) is 0 Å². The smallest absolute Gasteiger partial charge is 0.291 e. The van der Waals surface area contributed by atoms with Crippen LogP contribution in [0.1, 0.15) is 24.7 Å². The maximum atomic E-state index is 12.3. The number of aromatic nitrogens is 5. The molecule has 0 atom stereocenters. The van der Waals surface area contributed by atoms with E-state index in [-0.39, 0.29) is 5.56 Å². The summed E-state index contributed by atoms with van der Waals surface area (Å²) < 4.78 is 5.35. The number of rotatable bonds is 3. The van der Waals surface area contributed by atoms with Crippen LogP contribution in [0.5, 0.6) is 0 Å². The Bertz CT molecular complexity index is 793. The average Bonchev–Trinajstić information content (AvgIpc) is 2.97. The molecule has 1 aliphatic rings. The summed E-state index contributed by atoms with van der Waals surface area (Å²) in [5, 5.41) is 4.19. The number of fused-ring (bicyclic) bond motifs is 1. The van der Waals surface area contributed by atoms with E-state index < -0.39 is 0 Å². The van der Waals surface area contributed by atoms with E-state index >= 15 is 0 Å². The lowest BCUT2D eigenvalue weighted by Gasteiger charge is -2.07. The van der Waals surface area contributed by atoms with Crippen LogP contribution in [-0.4, -0.2) is 23.7 Å². The molecule has 6 nitrogen and oxygen atoms in total. The zero-order valence-corrected chi connectivity index (χ0v) is 10.3. The van der Waals surface area contributed by atoms with Crippen molar-refractivity contribution in [2.75, 3.05) is 0 Å². The minimum atomic E-state index is -0.0853. The number of hydrogen-bond donors (Lipinski definition) is 0. The van der Waals surface area contributed by atoms with Crippen molar-refractivity contribution in [3.8, 4) is 0 Å². The minimum absolute atomic E-state index is 0.0853. The molecule has 1 saturated carbocycles. The molecule has 4 rings (SSSR count). The van der Waals surface area contributed by atoms with Gasteiger partial charge in [-0.1, -0.05) is 0 Å². The van der Waals surface area contributed by atoms with Gasteiger partial charge in [0.05, 0.1) is 0 Å². The first-order valence-corrected chi connectivity index (χ1v) is 6.37. The van der Waals surface area contributed by atoms with Crippen molar-refractivity contribution in [3.63, 3.8) is 0 Å². The molecule has 0 aliphatic heterocycles. The van der Waals surface area contributed by atoms with Crippen LogP contribution in [0.4, 0.5) is 0 Å². The molecule has 0 amide bonds. The van der Waals surface area contributed by atoms with E-state index in [1.807, 2.05) is 18.5 Å². The van der Waals surface area contributed by atoms with Crippen molar-refractivity contribution in [2.24, 2.45) is 0 Å². The van der Waals surface area contributed by atoms with Gasteiger partial charge in [-0.3, -0.25) is 4.79 Å². The maximum absolute atomic E-state index is 12.3. The van der Waals surface area contributed by atoms with E-state index in [0.717, 1.165) is 5.82 Å². The molecule has 0 spiro atoms. The van der Waals surface area contributed by atoms with Crippen LogP contribution < -0.4 is 5.56 Å². The summed E-state index contributed by atoms with van der Waals surface area (Å²) in [5.41, 5.74) is 0.553. The fourth-order valence-corrected chi connectivity index (χ4v) is 2.38. The molecule has 3 heterocycles. The third kappa shape index (κ3) is 1.68. The highest BCUT2D eigenvalue weighted by Crippen LogP contribution is 2.35. The Morgan fingerprint density at radius 3 is 3.05 bits per heavy atom. The number of nitrogens with zero attached hydrogens (tertiary/aromatic N) is 5. The van der Waals surface area contributed by atoms with E-state index in [1.54, 1.807) is 23.0 Å². The maximum Gasteiger partial charge on any atom is 0.291 e. The second-order valence-electron chi connectivity index (χ2n) is 4.88. The molecule has 0 bridgehead atoms. The molecule has 6 heteroatoms. The summed E-state index contributed by atoms with van der Waals surface area (Å²) in [6.45, 7) is 0.421. The van der Waals surface area contributed by atoms with Crippen molar-refractivity contribution in [2.45, 2.75) is 25.4 Å². The second kappa shape index (κ2) is 3.81. The third-order valence-corrected chi connectivity index (χ3v) is 3.53. The van der Waals surface area contributed by atoms with E-state index in [0.29, 0.717) is 18.1 Å². The molecule has 96 valence electrons. The van der Waals surface area contributed by atoms with Crippen LogP contribution in [0.25, 0.3) is 5.52 Å². The monoisotopic (exact) mass is 255 g/mol. The van der Waals surface area contributed by atoms with E-state index in [2.05, 4.69) is 14.6 Å². The Hall–Kier alpha value is -2.37. The van der Waals surface area contributed by atoms with Gasteiger partial charge < -0.3 is 8.97 Å². The van der Waals surface area contributed by atoms with Crippen molar-refractivity contribution >= 4 is 5.52 Å². The van der Waals surface area contributed by atoms with Gasteiger partial charge in [0.25, 0.3) is 5.56 Å². The standard InChI is InChI=1S/C13H13N5O/c19-13-11-2-1-6-16(11)9-15-18(13)8-12-14-5-7-17(12)10-3-4-10/h1-2,5-7,9-10H,3-4,8H2. The van der Waals surface area contributed by atoms with Crippen molar-refractivity contribution < 1.29 is 0 Å². The summed E-state index contributed by atoms with van der Waals surface area (Å²) in [6.07, 6.45) is 9.63. The molecule has 19 heavy (non-hydrogen) atoms. The molecule has 3 aromatic rings. The topological polar surface area (TPSA) is 57.1 Å². The molecule has 1 aliphatic carbocycles. The predicted octanol–water partition coefficient (Wildman–Crippen LogP) is 1.08. The molecule has 0 unspecified atom stereocenters. The molecule has 0 radical (unpaired) electrons. The average molecular weight is 255 g/mol. The Labute approximate surface area is 108 Å². The lowest BCUT2D eigenvalue weighted by atomic mass is 10.5. The Kier molecular flexibility index (Phi) is 2.11. The summed E-state index contributed by atoms with van der Waals surface area (Å²) in [5.74, 6) is 0.896. The minimum Gasteiger partial charge on any atom is -0.330 e. The van der Waals surface area contributed by atoms with Gasteiger partial charge in [0, 0.05) is 24.6 Å². The molecule has 3 aromatic heterocycles. The number of hydrogen-bond acceptors (Lipinski definition) is 3. The largest absolute Gasteiger partial charge is 0.330 e. The fraction of sp³-hybridized carbons (Fsp3) is 0.308. The van der Waals surface area contributed by atoms with Crippen LogP contribution in [0.15, 0.2) is 41.8 Å². The SMILES string of the molecule is O=c1c2cccn2cnn1Cc1nccn1C1CC1. The zero-order valence-electron chi connectivity index (χ0n) is 10.3. The Morgan fingerprint density at radius 1 is 1.32 bits per heavy atom. The highest BCUT2D eigenvalue weighted by molar-refractivity contribution is 5.44. The molecule has 0 saturated heterocycles. The first-order valence-electron chi connectivity index (χ1n) is 6.37. The number of imidazole rings is 1. The molecule has 1 fully saturated rings.